The van der Waals surface area contributed by atoms with Gasteiger partial charge in [0.25, 0.3) is 0 Å². The number of allylic oxidation sites excluding steroid dienone is 2. The number of carbonyl (C=O) groups excluding carboxylic acids is 2. The topological polar surface area (TPSA) is 82.5 Å². The van der Waals surface area contributed by atoms with Crippen LogP contribution in [0, 0.1) is 16.7 Å². The van der Waals surface area contributed by atoms with Crippen LogP contribution in [0.5, 0.6) is 0 Å². The van der Waals surface area contributed by atoms with Gasteiger partial charge in [-0.1, -0.05) is 49.9 Å². The van der Waals surface area contributed by atoms with Gasteiger partial charge in [-0.3, -0.25) is 9.59 Å². The van der Waals surface area contributed by atoms with E-state index in [1.54, 1.807) is 12.3 Å². The highest BCUT2D eigenvalue weighted by Gasteiger charge is 2.59. The number of furan rings is 1. The maximum absolute atomic E-state index is 14.3. The predicted molar refractivity (Wildman–Crippen MR) is 161 cm³/mol. The number of oxazole rings is 1. The molecule has 2 fully saturated rings. The lowest BCUT2D eigenvalue weighted by Crippen LogP contribution is -2.50. The molecule has 0 saturated heterocycles. The van der Waals surface area contributed by atoms with Gasteiger partial charge in [-0.2, -0.15) is 0 Å². The van der Waals surface area contributed by atoms with Crippen LogP contribution in [-0.4, -0.2) is 21.5 Å². The van der Waals surface area contributed by atoms with Crippen LogP contribution in [0.3, 0.4) is 0 Å². The van der Waals surface area contributed by atoms with Crippen LogP contribution in [0.2, 0.25) is 0 Å². The van der Waals surface area contributed by atoms with Crippen molar-refractivity contribution in [3.63, 3.8) is 0 Å². The van der Waals surface area contributed by atoms with Crippen LogP contribution in [0.1, 0.15) is 89.7 Å². The van der Waals surface area contributed by atoms with Gasteiger partial charge in [0.15, 0.2) is 28.5 Å². The summed E-state index contributed by atoms with van der Waals surface area (Å²) in [6.07, 6.45) is 12.7. The standard InChI is InChI=1S/C34H39NO5S/c1-23(28-13-7-20-38-28)40-34(31(37)41-22-30-35-27-11-4-5-12-29(27)39-30)17-8-16-32(34,2)18-14-24-9-6-10-25-21-26(36)15-19-33(24,25)3/h4-5,7,11-13,20-21,24H,1,6,8-10,14-19,22H2,2-3H3/t24?,32?,33?,34-/m0/s1. The van der Waals surface area contributed by atoms with E-state index in [1.165, 1.54) is 17.3 Å². The summed E-state index contributed by atoms with van der Waals surface area (Å²) in [5.41, 5.74) is 1.49. The van der Waals surface area contributed by atoms with Crippen molar-refractivity contribution in [1.29, 1.82) is 0 Å². The predicted octanol–water partition coefficient (Wildman–Crippen LogP) is 8.67. The summed E-state index contributed by atoms with van der Waals surface area (Å²) in [7, 11) is 0. The van der Waals surface area contributed by atoms with Crippen LogP contribution in [0.15, 0.2) is 69.7 Å². The molecule has 0 radical (unpaired) electrons. The van der Waals surface area contributed by atoms with Crippen molar-refractivity contribution in [3.8, 4) is 0 Å². The van der Waals surface area contributed by atoms with Crippen LogP contribution in [0.4, 0.5) is 0 Å². The van der Waals surface area contributed by atoms with Gasteiger partial charge < -0.3 is 13.6 Å². The average Bonchev–Trinajstić information content (AvgIpc) is 3.71. The molecule has 3 aliphatic carbocycles. The Morgan fingerprint density at radius 2 is 1.98 bits per heavy atom. The van der Waals surface area contributed by atoms with E-state index in [2.05, 4.69) is 25.4 Å². The molecule has 0 amide bonds. The summed E-state index contributed by atoms with van der Waals surface area (Å²) in [5.74, 6) is 2.56. The number of benzene rings is 1. The number of hydrogen-bond acceptors (Lipinski definition) is 7. The normalized spacial score (nSPS) is 29.8. The van der Waals surface area contributed by atoms with E-state index in [9.17, 15) is 9.59 Å². The minimum atomic E-state index is -1.04. The second-order valence-corrected chi connectivity index (χ2v) is 13.5. The molecule has 3 unspecified atom stereocenters. The van der Waals surface area contributed by atoms with E-state index in [1.807, 2.05) is 36.4 Å². The molecule has 2 saturated carbocycles. The number of hydrogen-bond donors (Lipinski definition) is 0. The maximum Gasteiger partial charge on any atom is 0.233 e. The summed E-state index contributed by atoms with van der Waals surface area (Å²) in [6, 6.07) is 11.3. The Bertz CT molecular complexity index is 1450. The first-order valence-electron chi connectivity index (χ1n) is 14.9. The molecule has 216 valence electrons. The van der Waals surface area contributed by atoms with Crippen molar-refractivity contribution in [2.45, 2.75) is 89.4 Å². The minimum absolute atomic E-state index is 0.00818. The third kappa shape index (κ3) is 5.11. The Hall–Kier alpha value is -3.06. The average molecular weight is 574 g/mol. The third-order valence-corrected chi connectivity index (χ3v) is 11.2. The highest BCUT2D eigenvalue weighted by molar-refractivity contribution is 8.13. The van der Waals surface area contributed by atoms with Gasteiger partial charge in [0.2, 0.25) is 11.0 Å². The zero-order chi connectivity index (χ0) is 28.7. The van der Waals surface area contributed by atoms with E-state index >= 15 is 0 Å². The van der Waals surface area contributed by atoms with E-state index in [0.717, 1.165) is 62.5 Å². The van der Waals surface area contributed by atoms with Crippen molar-refractivity contribution in [2.24, 2.45) is 16.7 Å². The van der Waals surface area contributed by atoms with Crippen LogP contribution in [0.25, 0.3) is 16.9 Å². The highest BCUT2D eigenvalue weighted by Crippen LogP contribution is 2.58. The maximum atomic E-state index is 14.3. The summed E-state index contributed by atoms with van der Waals surface area (Å²) in [4.78, 5) is 31.1. The van der Waals surface area contributed by atoms with Crippen molar-refractivity contribution in [2.75, 3.05) is 0 Å². The minimum Gasteiger partial charge on any atom is -0.475 e. The molecule has 1 aromatic carbocycles. The number of carbonyl (C=O) groups is 2. The molecule has 3 aliphatic rings. The van der Waals surface area contributed by atoms with Gasteiger partial charge in [0, 0.05) is 11.8 Å². The quantitative estimate of drug-likeness (QED) is 0.237. The third-order valence-electron chi connectivity index (χ3n) is 10.2. The summed E-state index contributed by atoms with van der Waals surface area (Å²) in [6.45, 7) is 8.75. The number of thioether (sulfide) groups is 1. The first kappa shape index (κ1) is 28.1. The molecule has 0 bridgehead atoms. The number of nitrogens with zero attached hydrogens (tertiary/aromatic N) is 1. The molecule has 2 aromatic heterocycles. The van der Waals surface area contributed by atoms with Crippen LogP contribution < -0.4 is 0 Å². The van der Waals surface area contributed by atoms with Gasteiger partial charge in [-0.15, -0.1) is 0 Å². The van der Waals surface area contributed by atoms with Crippen molar-refractivity contribution in [3.05, 3.63) is 72.5 Å². The Labute approximate surface area is 246 Å². The fourth-order valence-electron chi connectivity index (χ4n) is 7.66. The number of ether oxygens (including phenoxy) is 1. The van der Waals surface area contributed by atoms with Gasteiger partial charge in [0.1, 0.15) is 5.52 Å². The lowest BCUT2D eigenvalue weighted by Gasteiger charge is -2.48. The molecule has 0 spiro atoms. The van der Waals surface area contributed by atoms with Gasteiger partial charge in [-0.25, -0.2) is 4.98 Å². The highest BCUT2D eigenvalue weighted by atomic mass is 32.2. The van der Waals surface area contributed by atoms with E-state index in [4.69, 9.17) is 13.6 Å². The summed E-state index contributed by atoms with van der Waals surface area (Å²) >= 11 is 1.22. The molecule has 3 aromatic rings. The fourth-order valence-corrected chi connectivity index (χ4v) is 8.66. The monoisotopic (exact) mass is 573 g/mol. The zero-order valence-corrected chi connectivity index (χ0v) is 24.9. The van der Waals surface area contributed by atoms with E-state index in [0.29, 0.717) is 41.9 Å². The molecule has 4 atom stereocenters. The lowest BCUT2D eigenvalue weighted by atomic mass is 9.57. The summed E-state index contributed by atoms with van der Waals surface area (Å²) in [5, 5.41) is -0.00818. The Balaban J connectivity index is 1.25. The zero-order valence-electron chi connectivity index (χ0n) is 24.1. The molecule has 7 heteroatoms. The molecular formula is C34H39NO5S. The number of fused-ring (bicyclic) bond motifs is 2. The molecule has 41 heavy (non-hydrogen) atoms. The van der Waals surface area contributed by atoms with Gasteiger partial charge >= 0.3 is 0 Å². The number of ketones is 1. The number of aromatic nitrogens is 1. The summed E-state index contributed by atoms with van der Waals surface area (Å²) < 4.78 is 18.2. The molecule has 0 N–H and O–H groups in total. The van der Waals surface area contributed by atoms with Crippen molar-refractivity contribution < 1.29 is 23.2 Å². The van der Waals surface area contributed by atoms with Gasteiger partial charge in [-0.05, 0) is 99.5 Å². The molecular weight excluding hydrogens is 534 g/mol. The first-order valence-corrected chi connectivity index (χ1v) is 15.9. The molecule has 6 nitrogen and oxygen atoms in total. The van der Waals surface area contributed by atoms with E-state index in [-0.39, 0.29) is 21.7 Å². The Kier molecular flexibility index (Phi) is 7.52. The Morgan fingerprint density at radius 1 is 1.12 bits per heavy atom. The van der Waals surface area contributed by atoms with Crippen molar-refractivity contribution in [1.82, 2.24) is 4.98 Å². The molecule has 6 rings (SSSR count). The number of rotatable bonds is 9. The lowest BCUT2D eigenvalue weighted by molar-refractivity contribution is -0.139. The second-order valence-electron chi connectivity index (χ2n) is 12.6. The smallest absolute Gasteiger partial charge is 0.233 e. The fraction of sp³-hybridized carbons (Fsp3) is 0.500. The SMILES string of the molecule is C=C(O[C@]1(C(=O)SCc2nc3ccccc3o2)CCCC1(C)CCC1CCCC2=CC(=O)CCC21C)c1ccco1. The van der Waals surface area contributed by atoms with Gasteiger partial charge in [0.05, 0.1) is 12.0 Å². The second kappa shape index (κ2) is 11.0. The molecule has 2 heterocycles. The number of para-hydroxylation sites is 2. The van der Waals surface area contributed by atoms with Crippen LogP contribution in [-0.2, 0) is 20.1 Å². The van der Waals surface area contributed by atoms with Crippen molar-refractivity contribution >= 4 is 39.5 Å². The Morgan fingerprint density at radius 3 is 2.78 bits per heavy atom. The largest absolute Gasteiger partial charge is 0.475 e. The molecule has 0 aliphatic heterocycles. The van der Waals surface area contributed by atoms with E-state index < -0.39 is 5.60 Å². The van der Waals surface area contributed by atoms with Crippen LogP contribution >= 0.6 is 11.8 Å². The first-order chi connectivity index (χ1) is 19.7.